The molecule has 0 aliphatic carbocycles. The number of hydrogen-bond acceptors (Lipinski definition) is 3. The molecule has 1 atom stereocenters. The van der Waals surface area contributed by atoms with Crippen LogP contribution in [-0.4, -0.2) is 16.7 Å². The molecule has 3 nitrogen and oxygen atoms in total. The van der Waals surface area contributed by atoms with E-state index in [0.29, 0.717) is 0 Å². The number of hydrogen-bond donors (Lipinski definition) is 1. The van der Waals surface area contributed by atoms with E-state index in [0.717, 1.165) is 35.6 Å². The molecule has 1 aromatic carbocycles. The summed E-state index contributed by atoms with van der Waals surface area (Å²) < 4.78 is 5.47. The van der Waals surface area contributed by atoms with Crippen LogP contribution in [0.25, 0.3) is 0 Å². The maximum Gasteiger partial charge on any atom is 0.122 e. The van der Waals surface area contributed by atoms with Crippen molar-refractivity contribution in [2.24, 2.45) is 0 Å². The normalized spacial score (nSPS) is 15.0. The number of aliphatic hydroxyl groups excluding tert-OH is 1. The minimum Gasteiger partial charge on any atom is -0.493 e. The Morgan fingerprint density at radius 3 is 3.06 bits per heavy atom. The van der Waals surface area contributed by atoms with Crippen LogP contribution in [0.5, 0.6) is 5.75 Å². The average molecular weight is 241 g/mol. The van der Waals surface area contributed by atoms with Crippen LogP contribution < -0.4 is 4.74 Å². The van der Waals surface area contributed by atoms with E-state index >= 15 is 0 Å². The monoisotopic (exact) mass is 241 g/mol. The molecule has 92 valence electrons. The molecule has 1 aliphatic rings. The average Bonchev–Trinajstić information content (AvgIpc) is 2.85. The number of aromatic nitrogens is 1. The Labute approximate surface area is 106 Å². The Kier molecular flexibility index (Phi) is 2.76. The first-order valence-electron chi connectivity index (χ1n) is 6.11. The number of nitrogens with zero attached hydrogens (tertiary/aromatic N) is 1. The van der Waals surface area contributed by atoms with Gasteiger partial charge in [0.1, 0.15) is 11.9 Å². The van der Waals surface area contributed by atoms with E-state index in [9.17, 15) is 5.11 Å². The second-order valence-electron chi connectivity index (χ2n) is 4.57. The predicted molar refractivity (Wildman–Crippen MR) is 68.7 cm³/mol. The third-order valence-electron chi connectivity index (χ3n) is 3.34. The Hall–Kier alpha value is -1.87. The van der Waals surface area contributed by atoms with Crippen molar-refractivity contribution in [3.05, 3.63) is 58.9 Å². The van der Waals surface area contributed by atoms with Crippen molar-refractivity contribution in [1.82, 2.24) is 4.98 Å². The number of aliphatic hydroxyl groups is 1. The van der Waals surface area contributed by atoms with Gasteiger partial charge >= 0.3 is 0 Å². The summed E-state index contributed by atoms with van der Waals surface area (Å²) in [5.41, 5.74) is 3.76. The van der Waals surface area contributed by atoms with Crippen molar-refractivity contribution < 1.29 is 9.84 Å². The van der Waals surface area contributed by atoms with Crippen molar-refractivity contribution in [3.63, 3.8) is 0 Å². The third-order valence-corrected chi connectivity index (χ3v) is 3.34. The fourth-order valence-electron chi connectivity index (χ4n) is 2.32. The number of aryl methyl sites for hydroxylation is 1. The summed E-state index contributed by atoms with van der Waals surface area (Å²) >= 11 is 0. The van der Waals surface area contributed by atoms with Gasteiger partial charge in [-0.2, -0.15) is 0 Å². The smallest absolute Gasteiger partial charge is 0.122 e. The predicted octanol–water partition coefficient (Wildman–Crippen LogP) is 2.41. The van der Waals surface area contributed by atoms with Gasteiger partial charge in [-0.25, -0.2) is 0 Å². The largest absolute Gasteiger partial charge is 0.493 e. The van der Waals surface area contributed by atoms with Gasteiger partial charge in [-0.15, -0.1) is 0 Å². The van der Waals surface area contributed by atoms with E-state index in [1.807, 2.05) is 37.3 Å². The van der Waals surface area contributed by atoms with Crippen LogP contribution in [0.3, 0.4) is 0 Å². The molecule has 2 heterocycles. The molecule has 0 saturated carbocycles. The lowest BCUT2D eigenvalue weighted by atomic mass is 10.00. The summed E-state index contributed by atoms with van der Waals surface area (Å²) in [7, 11) is 0. The molecule has 1 unspecified atom stereocenters. The molecule has 1 aromatic heterocycles. The summed E-state index contributed by atoms with van der Waals surface area (Å²) in [4.78, 5) is 4.27. The number of ether oxygens (including phenoxy) is 1. The molecule has 2 aromatic rings. The van der Waals surface area contributed by atoms with Gasteiger partial charge in [-0.05, 0) is 41.8 Å². The standard InChI is InChI=1S/C15H15NO2/c1-10-3-2-7-16-14(10)15(17)12-4-5-13-11(9-12)6-8-18-13/h2-5,7,9,15,17H,6,8H2,1H3. The summed E-state index contributed by atoms with van der Waals surface area (Å²) in [6.45, 7) is 2.69. The number of pyridine rings is 1. The van der Waals surface area contributed by atoms with E-state index in [1.54, 1.807) is 6.20 Å². The van der Waals surface area contributed by atoms with Gasteiger partial charge in [0.25, 0.3) is 0 Å². The number of benzene rings is 1. The summed E-state index contributed by atoms with van der Waals surface area (Å²) in [6.07, 6.45) is 1.95. The van der Waals surface area contributed by atoms with Crippen LogP contribution in [0.4, 0.5) is 0 Å². The van der Waals surface area contributed by atoms with Gasteiger partial charge in [0, 0.05) is 12.6 Å². The van der Waals surface area contributed by atoms with Gasteiger partial charge < -0.3 is 9.84 Å². The van der Waals surface area contributed by atoms with Crippen molar-refractivity contribution in [1.29, 1.82) is 0 Å². The maximum absolute atomic E-state index is 10.4. The molecular weight excluding hydrogens is 226 g/mol. The van der Waals surface area contributed by atoms with E-state index in [-0.39, 0.29) is 0 Å². The van der Waals surface area contributed by atoms with Crippen molar-refractivity contribution in [2.75, 3.05) is 6.61 Å². The van der Waals surface area contributed by atoms with Gasteiger partial charge in [-0.3, -0.25) is 4.98 Å². The Bertz CT molecular complexity index is 580. The first-order chi connectivity index (χ1) is 8.75. The Morgan fingerprint density at radius 2 is 2.22 bits per heavy atom. The highest BCUT2D eigenvalue weighted by molar-refractivity contribution is 5.42. The second-order valence-corrected chi connectivity index (χ2v) is 4.57. The minimum absolute atomic E-state index is 0.669. The van der Waals surface area contributed by atoms with Crippen LogP contribution in [0, 0.1) is 6.92 Å². The Morgan fingerprint density at radius 1 is 1.33 bits per heavy atom. The molecular formula is C15H15NO2. The molecule has 0 bridgehead atoms. The molecule has 0 spiro atoms. The summed E-state index contributed by atoms with van der Waals surface area (Å²) in [5.74, 6) is 0.934. The van der Waals surface area contributed by atoms with E-state index in [1.165, 1.54) is 5.56 Å². The lowest BCUT2D eigenvalue weighted by Crippen LogP contribution is -2.04. The van der Waals surface area contributed by atoms with Gasteiger partial charge in [0.15, 0.2) is 0 Å². The molecule has 0 amide bonds. The molecule has 1 N–H and O–H groups in total. The molecule has 0 saturated heterocycles. The molecule has 0 fully saturated rings. The molecule has 3 rings (SSSR count). The van der Waals surface area contributed by atoms with Crippen LogP contribution in [0.15, 0.2) is 36.5 Å². The zero-order chi connectivity index (χ0) is 12.5. The first-order valence-corrected chi connectivity index (χ1v) is 6.11. The zero-order valence-electron chi connectivity index (χ0n) is 10.3. The fraction of sp³-hybridized carbons (Fsp3) is 0.267. The van der Waals surface area contributed by atoms with Crippen LogP contribution in [-0.2, 0) is 6.42 Å². The minimum atomic E-state index is -0.669. The van der Waals surface area contributed by atoms with Crippen LogP contribution in [0.2, 0.25) is 0 Å². The van der Waals surface area contributed by atoms with Crippen LogP contribution in [0.1, 0.15) is 28.5 Å². The number of rotatable bonds is 2. The molecule has 18 heavy (non-hydrogen) atoms. The summed E-state index contributed by atoms with van der Waals surface area (Å²) in [5, 5.41) is 10.4. The lowest BCUT2D eigenvalue weighted by molar-refractivity contribution is 0.214. The second kappa shape index (κ2) is 4.42. The highest BCUT2D eigenvalue weighted by Gasteiger charge is 2.18. The number of fused-ring (bicyclic) bond motifs is 1. The van der Waals surface area contributed by atoms with Gasteiger partial charge in [0.05, 0.1) is 12.3 Å². The Balaban J connectivity index is 1.98. The third kappa shape index (κ3) is 1.87. The molecule has 0 radical (unpaired) electrons. The molecule has 1 aliphatic heterocycles. The van der Waals surface area contributed by atoms with Crippen molar-refractivity contribution >= 4 is 0 Å². The van der Waals surface area contributed by atoms with Gasteiger partial charge in [-0.1, -0.05) is 12.1 Å². The fourth-order valence-corrected chi connectivity index (χ4v) is 2.32. The zero-order valence-corrected chi connectivity index (χ0v) is 10.3. The SMILES string of the molecule is Cc1cccnc1C(O)c1ccc2c(c1)CCO2. The molecule has 3 heteroatoms. The van der Waals surface area contributed by atoms with Gasteiger partial charge in [0.2, 0.25) is 0 Å². The highest BCUT2D eigenvalue weighted by atomic mass is 16.5. The maximum atomic E-state index is 10.4. The van der Waals surface area contributed by atoms with Crippen molar-refractivity contribution in [3.8, 4) is 5.75 Å². The van der Waals surface area contributed by atoms with E-state index < -0.39 is 6.10 Å². The van der Waals surface area contributed by atoms with E-state index in [4.69, 9.17) is 4.74 Å². The highest BCUT2D eigenvalue weighted by Crippen LogP contribution is 2.30. The van der Waals surface area contributed by atoms with Crippen LogP contribution >= 0.6 is 0 Å². The summed E-state index contributed by atoms with van der Waals surface area (Å²) in [6, 6.07) is 9.69. The quantitative estimate of drug-likeness (QED) is 0.878. The van der Waals surface area contributed by atoms with Crippen molar-refractivity contribution in [2.45, 2.75) is 19.4 Å². The topological polar surface area (TPSA) is 42.4 Å². The lowest BCUT2D eigenvalue weighted by Gasteiger charge is -2.13. The first kappa shape index (κ1) is 11.2. The van der Waals surface area contributed by atoms with E-state index in [2.05, 4.69) is 4.98 Å².